The number of alkyl halides is 1. The maximum atomic E-state index is 6.43. The smallest absolute Gasteiger partial charge is 0.0364 e. The number of rotatable bonds is 4. The van der Waals surface area contributed by atoms with Crippen LogP contribution in [0.3, 0.4) is 0 Å². The first-order valence-corrected chi connectivity index (χ1v) is 7.37. The second kappa shape index (κ2) is 6.44. The highest BCUT2D eigenvalue weighted by Gasteiger charge is 2.26. The lowest BCUT2D eigenvalue weighted by Crippen LogP contribution is -2.24. The van der Waals surface area contributed by atoms with Crippen molar-refractivity contribution in [2.24, 2.45) is 11.8 Å². The Kier molecular flexibility index (Phi) is 4.91. The number of aryl methyl sites for hydroxylation is 1. The lowest BCUT2D eigenvalue weighted by atomic mass is 9.79. The van der Waals surface area contributed by atoms with Gasteiger partial charge in [0.05, 0.1) is 0 Å². The third-order valence-corrected chi connectivity index (χ3v) is 4.61. The van der Waals surface area contributed by atoms with Crippen LogP contribution in [0.25, 0.3) is 0 Å². The normalized spacial score (nSPS) is 29.2. The van der Waals surface area contributed by atoms with Crippen molar-refractivity contribution in [1.82, 2.24) is 0 Å². The van der Waals surface area contributed by atoms with Crippen LogP contribution in [0.15, 0.2) is 30.3 Å². The van der Waals surface area contributed by atoms with Crippen molar-refractivity contribution >= 4 is 11.6 Å². The van der Waals surface area contributed by atoms with Gasteiger partial charge in [0.2, 0.25) is 0 Å². The van der Waals surface area contributed by atoms with E-state index in [0.29, 0.717) is 5.38 Å². The summed E-state index contributed by atoms with van der Waals surface area (Å²) >= 11 is 6.43. The lowest BCUT2D eigenvalue weighted by Gasteiger charge is -2.31. The van der Waals surface area contributed by atoms with E-state index < -0.39 is 0 Å². The molecule has 1 aromatic carbocycles. The van der Waals surface area contributed by atoms with Gasteiger partial charge in [0.1, 0.15) is 0 Å². The highest BCUT2D eigenvalue weighted by Crippen LogP contribution is 2.35. The Balaban J connectivity index is 1.74. The van der Waals surface area contributed by atoms with E-state index >= 15 is 0 Å². The van der Waals surface area contributed by atoms with Crippen LogP contribution in [0.4, 0.5) is 0 Å². The molecular weight excluding hydrogens is 228 g/mol. The van der Waals surface area contributed by atoms with Crippen LogP contribution >= 0.6 is 11.6 Å². The van der Waals surface area contributed by atoms with Crippen molar-refractivity contribution in [2.45, 2.75) is 50.8 Å². The summed E-state index contributed by atoms with van der Waals surface area (Å²) in [4.78, 5) is 0. The highest BCUT2D eigenvalue weighted by atomic mass is 35.5. The minimum atomic E-state index is 0.432. The number of hydrogen-bond acceptors (Lipinski definition) is 0. The van der Waals surface area contributed by atoms with Gasteiger partial charge in [0, 0.05) is 5.38 Å². The molecule has 1 aliphatic carbocycles. The van der Waals surface area contributed by atoms with Gasteiger partial charge in [-0.2, -0.15) is 0 Å². The number of hydrogen-bond donors (Lipinski definition) is 0. The van der Waals surface area contributed by atoms with Crippen molar-refractivity contribution in [3.8, 4) is 0 Å². The molecule has 0 aromatic heterocycles. The SMILES string of the molecule is CC1CCC(Cl)C(CCCc2ccccc2)C1. The number of halogens is 1. The molecule has 17 heavy (non-hydrogen) atoms. The average molecular weight is 251 g/mol. The first kappa shape index (κ1) is 13.0. The van der Waals surface area contributed by atoms with Crippen molar-refractivity contribution in [3.05, 3.63) is 35.9 Å². The molecule has 0 aliphatic heterocycles. The third-order valence-electron chi connectivity index (χ3n) is 4.04. The molecule has 3 atom stereocenters. The lowest BCUT2D eigenvalue weighted by molar-refractivity contribution is 0.271. The first-order valence-electron chi connectivity index (χ1n) is 6.93. The van der Waals surface area contributed by atoms with Gasteiger partial charge >= 0.3 is 0 Å². The monoisotopic (exact) mass is 250 g/mol. The van der Waals surface area contributed by atoms with Gasteiger partial charge < -0.3 is 0 Å². The topological polar surface area (TPSA) is 0 Å². The molecule has 94 valence electrons. The van der Waals surface area contributed by atoms with E-state index in [1.807, 2.05) is 0 Å². The van der Waals surface area contributed by atoms with Gasteiger partial charge in [0.15, 0.2) is 0 Å². The van der Waals surface area contributed by atoms with Crippen LogP contribution in [-0.2, 0) is 6.42 Å². The molecule has 3 unspecified atom stereocenters. The molecule has 2 rings (SSSR count). The Morgan fingerprint density at radius 2 is 1.94 bits per heavy atom. The quantitative estimate of drug-likeness (QED) is 0.656. The van der Waals surface area contributed by atoms with Crippen LogP contribution < -0.4 is 0 Å². The molecule has 0 nitrogen and oxygen atoms in total. The van der Waals surface area contributed by atoms with Crippen molar-refractivity contribution in [3.63, 3.8) is 0 Å². The summed E-state index contributed by atoms with van der Waals surface area (Å²) in [7, 11) is 0. The molecular formula is C16H23Cl. The first-order chi connectivity index (χ1) is 8.25. The maximum absolute atomic E-state index is 6.43. The van der Waals surface area contributed by atoms with Crippen LogP contribution in [0.1, 0.15) is 44.6 Å². The molecule has 0 amide bonds. The Morgan fingerprint density at radius 3 is 2.71 bits per heavy atom. The summed E-state index contributed by atoms with van der Waals surface area (Å²) in [6, 6.07) is 10.8. The fourth-order valence-electron chi connectivity index (χ4n) is 2.97. The molecule has 1 heteroatoms. The second-order valence-corrected chi connectivity index (χ2v) is 6.13. The van der Waals surface area contributed by atoms with E-state index in [1.165, 1.54) is 44.1 Å². The highest BCUT2D eigenvalue weighted by molar-refractivity contribution is 6.20. The molecule has 1 fully saturated rings. The van der Waals surface area contributed by atoms with Crippen molar-refractivity contribution in [2.75, 3.05) is 0 Å². The second-order valence-electron chi connectivity index (χ2n) is 5.57. The van der Waals surface area contributed by atoms with Crippen molar-refractivity contribution in [1.29, 1.82) is 0 Å². The fourth-order valence-corrected chi connectivity index (χ4v) is 3.33. The Bertz CT molecular complexity index is 320. The molecule has 0 saturated heterocycles. The van der Waals surface area contributed by atoms with Gasteiger partial charge in [-0.25, -0.2) is 0 Å². The average Bonchev–Trinajstić information content (AvgIpc) is 2.35. The van der Waals surface area contributed by atoms with E-state index in [-0.39, 0.29) is 0 Å². The molecule has 1 aliphatic rings. The molecule has 0 bridgehead atoms. The van der Waals surface area contributed by atoms with Gasteiger partial charge in [-0.15, -0.1) is 11.6 Å². The van der Waals surface area contributed by atoms with Gasteiger partial charge in [-0.05, 0) is 55.9 Å². The van der Waals surface area contributed by atoms with Crippen LogP contribution in [-0.4, -0.2) is 5.38 Å². The van der Waals surface area contributed by atoms with Crippen LogP contribution in [0.5, 0.6) is 0 Å². The van der Waals surface area contributed by atoms with E-state index in [2.05, 4.69) is 37.3 Å². The molecule has 1 saturated carbocycles. The van der Waals surface area contributed by atoms with Crippen molar-refractivity contribution < 1.29 is 0 Å². The zero-order valence-corrected chi connectivity index (χ0v) is 11.5. The van der Waals surface area contributed by atoms with E-state index in [0.717, 1.165) is 11.8 Å². The van der Waals surface area contributed by atoms with E-state index in [4.69, 9.17) is 11.6 Å². The molecule has 0 N–H and O–H groups in total. The zero-order valence-electron chi connectivity index (χ0n) is 10.7. The summed E-state index contributed by atoms with van der Waals surface area (Å²) in [6.45, 7) is 2.37. The predicted molar refractivity (Wildman–Crippen MR) is 75.5 cm³/mol. The summed E-state index contributed by atoms with van der Waals surface area (Å²) in [5.74, 6) is 1.64. The summed E-state index contributed by atoms with van der Waals surface area (Å²) < 4.78 is 0. The Labute approximate surface area is 110 Å². The van der Waals surface area contributed by atoms with Gasteiger partial charge in [-0.3, -0.25) is 0 Å². The summed E-state index contributed by atoms with van der Waals surface area (Å²) in [6.07, 6.45) is 7.67. The predicted octanol–water partition coefficient (Wildman–Crippen LogP) is 5.05. The number of benzene rings is 1. The fraction of sp³-hybridized carbons (Fsp3) is 0.625. The zero-order chi connectivity index (χ0) is 12.1. The molecule has 0 heterocycles. The minimum Gasteiger partial charge on any atom is -0.123 e. The standard InChI is InChI=1S/C16H23Cl/c1-13-10-11-16(17)15(12-13)9-5-8-14-6-3-2-4-7-14/h2-4,6-7,13,15-16H,5,8-12H2,1H3. The minimum absolute atomic E-state index is 0.432. The largest absolute Gasteiger partial charge is 0.123 e. The molecule has 1 aromatic rings. The third kappa shape index (κ3) is 4.03. The molecule has 0 radical (unpaired) electrons. The van der Waals surface area contributed by atoms with Gasteiger partial charge in [0.25, 0.3) is 0 Å². The van der Waals surface area contributed by atoms with Crippen LogP contribution in [0, 0.1) is 11.8 Å². The maximum Gasteiger partial charge on any atom is 0.0364 e. The summed E-state index contributed by atoms with van der Waals surface area (Å²) in [5, 5.41) is 0.432. The van der Waals surface area contributed by atoms with E-state index in [1.54, 1.807) is 0 Å². The Hall–Kier alpha value is -0.490. The van der Waals surface area contributed by atoms with E-state index in [9.17, 15) is 0 Å². The molecule has 0 spiro atoms. The van der Waals surface area contributed by atoms with Gasteiger partial charge in [-0.1, -0.05) is 37.3 Å². The Morgan fingerprint density at radius 1 is 1.18 bits per heavy atom. The summed E-state index contributed by atoms with van der Waals surface area (Å²) in [5.41, 5.74) is 1.46. The van der Waals surface area contributed by atoms with Crippen LogP contribution in [0.2, 0.25) is 0 Å².